The predicted molar refractivity (Wildman–Crippen MR) is 71.7 cm³/mol. The van der Waals surface area contributed by atoms with Crippen LogP contribution < -0.4 is 4.57 Å². The molecular formula is C9H17BrCl3FeN2. The second kappa shape index (κ2) is 8.23. The Morgan fingerprint density at radius 1 is 1.44 bits per heavy atom. The summed E-state index contributed by atoms with van der Waals surface area (Å²) in [6, 6.07) is 0. The van der Waals surface area contributed by atoms with Crippen molar-refractivity contribution >= 4 is 44.4 Å². The van der Waals surface area contributed by atoms with Crippen molar-refractivity contribution in [1.29, 1.82) is 0 Å². The van der Waals surface area contributed by atoms with Crippen LogP contribution in [0.15, 0.2) is 12.4 Å². The maximum atomic E-state index is 5.10. The van der Waals surface area contributed by atoms with E-state index in [1.54, 1.807) is 0 Å². The normalized spacial score (nSPS) is 11.9. The first-order valence-electron chi connectivity index (χ1n) is 4.80. The van der Waals surface area contributed by atoms with E-state index in [2.05, 4.69) is 56.5 Å². The number of rotatable bonds is 3. The van der Waals surface area contributed by atoms with Gasteiger partial charge in [0.25, 0.3) is 5.82 Å². The van der Waals surface area contributed by atoms with Crippen LogP contribution in [-0.2, 0) is 21.9 Å². The summed E-state index contributed by atoms with van der Waals surface area (Å²) in [4.78, 5) is 0. The molecule has 1 heterocycles. The first-order chi connectivity index (χ1) is 7.25. The zero-order valence-electron chi connectivity index (χ0n) is 9.54. The molecule has 0 saturated carbocycles. The number of hydrogen-bond donors (Lipinski definition) is 0. The Kier molecular flexibility index (Phi) is 8.78. The molecule has 1 aromatic rings. The van der Waals surface area contributed by atoms with E-state index >= 15 is 0 Å². The molecule has 16 heavy (non-hydrogen) atoms. The average molecular weight is 395 g/mol. The van der Waals surface area contributed by atoms with E-state index in [1.807, 2.05) is 0 Å². The Hall–Kier alpha value is 1.08. The molecule has 0 N–H and O–H groups in total. The van der Waals surface area contributed by atoms with Crippen molar-refractivity contribution < 1.29 is 12.9 Å². The first-order valence-corrected chi connectivity index (χ1v) is 12.1. The molecule has 0 saturated heterocycles. The van der Waals surface area contributed by atoms with Crippen molar-refractivity contribution in [3.63, 3.8) is 0 Å². The van der Waals surface area contributed by atoms with Crippen LogP contribution in [0.25, 0.3) is 0 Å². The topological polar surface area (TPSA) is 8.81 Å². The predicted octanol–water partition coefficient (Wildman–Crippen LogP) is 4.33. The van der Waals surface area contributed by atoms with E-state index < -0.39 is 8.30 Å². The van der Waals surface area contributed by atoms with Crippen LogP contribution in [0.3, 0.4) is 0 Å². The van der Waals surface area contributed by atoms with Crippen molar-refractivity contribution in [2.75, 3.05) is 0 Å². The Balaban J connectivity index is 0.000000385. The van der Waals surface area contributed by atoms with E-state index in [0.717, 1.165) is 6.54 Å². The quantitative estimate of drug-likeness (QED) is 0.532. The van der Waals surface area contributed by atoms with Gasteiger partial charge in [-0.05, 0) is 6.42 Å². The molecule has 0 amide bonds. The number of halogens is 4. The average Bonchev–Trinajstić information content (AvgIpc) is 2.42. The van der Waals surface area contributed by atoms with E-state index in [1.165, 1.54) is 18.7 Å². The summed E-state index contributed by atoms with van der Waals surface area (Å²) in [5, 5.41) is 0. The van der Waals surface area contributed by atoms with E-state index in [0.29, 0.717) is 0 Å². The number of hydrogen-bond acceptors (Lipinski definition) is 0. The summed E-state index contributed by atoms with van der Waals surface area (Å²) in [6.45, 7) is 5.53. The monoisotopic (exact) mass is 393 g/mol. The van der Waals surface area contributed by atoms with Gasteiger partial charge < -0.3 is 0 Å². The zero-order valence-corrected chi connectivity index (χ0v) is 14.5. The fourth-order valence-electron chi connectivity index (χ4n) is 1.16. The van der Waals surface area contributed by atoms with Gasteiger partial charge in [-0.2, -0.15) is 0 Å². The molecule has 1 aromatic heterocycles. The standard InChI is InChI=1S/C9H17N2.BrH.3ClH.Fe/c1-4-5-6-11-8-7-10(3)9(11)2;;;;;/h7-8H,4-6H2,1-3H3;4*1H;/q+1;;;;;+3/p-4. The van der Waals surface area contributed by atoms with Crippen molar-refractivity contribution in [3.8, 4) is 0 Å². The molecule has 0 spiro atoms. The van der Waals surface area contributed by atoms with E-state index in [9.17, 15) is 0 Å². The van der Waals surface area contributed by atoms with Crippen LogP contribution in [0.1, 0.15) is 25.6 Å². The number of imidazole rings is 1. The number of nitrogens with zero attached hydrogens (tertiary/aromatic N) is 2. The molecule has 1 rings (SSSR count). The van der Waals surface area contributed by atoms with Crippen molar-refractivity contribution in [2.24, 2.45) is 7.05 Å². The van der Waals surface area contributed by atoms with Gasteiger partial charge in [0.05, 0.1) is 13.6 Å². The fraction of sp³-hybridized carbons (Fsp3) is 0.667. The first kappa shape index (κ1) is 17.1. The van der Waals surface area contributed by atoms with Gasteiger partial charge in [-0.25, -0.2) is 9.13 Å². The van der Waals surface area contributed by atoms with E-state index in [4.69, 9.17) is 30.3 Å². The van der Waals surface area contributed by atoms with Crippen LogP contribution in [-0.4, -0.2) is 4.57 Å². The third-order valence-corrected chi connectivity index (χ3v) is 2.15. The molecule has 2 nitrogen and oxygen atoms in total. The molecule has 7 heteroatoms. The molecule has 0 aliphatic heterocycles. The van der Waals surface area contributed by atoms with Gasteiger partial charge in [-0.15, -0.1) is 0 Å². The van der Waals surface area contributed by atoms with Gasteiger partial charge in [0.2, 0.25) is 0 Å². The van der Waals surface area contributed by atoms with Gasteiger partial charge in [0.1, 0.15) is 12.4 Å². The van der Waals surface area contributed by atoms with Gasteiger partial charge in [0.15, 0.2) is 0 Å². The molecule has 0 fully saturated rings. The van der Waals surface area contributed by atoms with Crippen LogP contribution >= 0.6 is 44.4 Å². The molecule has 0 atom stereocenters. The van der Waals surface area contributed by atoms with Gasteiger partial charge >= 0.3 is 52.7 Å². The molecule has 0 aliphatic rings. The SMILES string of the molecule is CCCC[n+]1ccn(C)c1C.[Cl][Fe-]([Cl])([Cl])[Br]. The molecule has 0 unspecified atom stereocenters. The minimum absolute atomic E-state index is 1.16. The minimum atomic E-state index is -2.27. The molecule has 0 aliphatic carbocycles. The van der Waals surface area contributed by atoms with E-state index in [-0.39, 0.29) is 0 Å². The summed E-state index contributed by atoms with van der Waals surface area (Å²) in [7, 11) is 15.1. The summed E-state index contributed by atoms with van der Waals surface area (Å²) >= 11 is 2.80. The molecular weight excluding hydrogens is 378 g/mol. The Bertz CT molecular complexity index is 306. The van der Waals surface area contributed by atoms with Gasteiger partial charge in [0, 0.05) is 6.92 Å². The molecule has 0 bridgehead atoms. The van der Waals surface area contributed by atoms with Crippen molar-refractivity contribution in [1.82, 2.24) is 4.57 Å². The number of aryl methyl sites for hydroxylation is 2. The maximum absolute atomic E-state index is 5.10. The summed E-state index contributed by atoms with van der Waals surface area (Å²) in [5.41, 5.74) is 0. The van der Waals surface area contributed by atoms with Crippen LogP contribution in [0, 0.1) is 6.92 Å². The third kappa shape index (κ3) is 9.15. The molecule has 99 valence electrons. The van der Waals surface area contributed by atoms with Crippen LogP contribution in [0.2, 0.25) is 0 Å². The third-order valence-electron chi connectivity index (χ3n) is 2.15. The fourth-order valence-corrected chi connectivity index (χ4v) is 1.16. The number of aromatic nitrogens is 2. The number of unbranched alkanes of at least 4 members (excludes halogenated alkanes) is 1. The summed E-state index contributed by atoms with van der Waals surface area (Å²) in [5.74, 6) is 1.33. The van der Waals surface area contributed by atoms with Gasteiger partial charge in [-0.3, -0.25) is 0 Å². The molecule has 0 radical (unpaired) electrons. The molecule has 0 aromatic carbocycles. The van der Waals surface area contributed by atoms with Crippen LogP contribution in [0.4, 0.5) is 0 Å². The van der Waals surface area contributed by atoms with Crippen LogP contribution in [0.5, 0.6) is 0 Å². The summed E-state index contributed by atoms with van der Waals surface area (Å²) < 4.78 is 4.44. The Labute approximate surface area is 119 Å². The van der Waals surface area contributed by atoms with Gasteiger partial charge in [-0.1, -0.05) is 13.3 Å². The van der Waals surface area contributed by atoms with Crippen molar-refractivity contribution in [2.45, 2.75) is 33.2 Å². The second-order valence-corrected chi connectivity index (χ2v) is 18.4. The second-order valence-electron chi connectivity index (χ2n) is 3.31. The van der Waals surface area contributed by atoms with Crippen molar-refractivity contribution in [3.05, 3.63) is 18.2 Å². The Morgan fingerprint density at radius 2 is 1.94 bits per heavy atom. The summed E-state index contributed by atoms with van der Waals surface area (Å²) in [6.07, 6.45) is 6.78. The zero-order chi connectivity index (χ0) is 12.8. The Morgan fingerprint density at radius 3 is 2.25 bits per heavy atom.